The van der Waals surface area contributed by atoms with Crippen LogP contribution in [-0.4, -0.2) is 27.2 Å². The number of anilines is 1. The molecule has 2 aromatic carbocycles. The molecule has 4 aromatic rings. The second-order valence-electron chi connectivity index (χ2n) is 6.97. The molecule has 2 aromatic heterocycles. The quantitative estimate of drug-likeness (QED) is 0.398. The average molecular weight is 448 g/mol. The summed E-state index contributed by atoms with van der Waals surface area (Å²) < 4.78 is 7.85. The lowest BCUT2D eigenvalue weighted by Crippen LogP contribution is -2.28. The number of benzene rings is 2. The molecule has 4 rings (SSSR count). The molecule has 0 aliphatic heterocycles. The fraction of sp³-hybridized carbons (Fsp3) is 0.125. The lowest BCUT2D eigenvalue weighted by molar-refractivity contribution is 0.251. The van der Waals surface area contributed by atoms with Crippen LogP contribution in [0.2, 0.25) is 5.02 Å². The van der Waals surface area contributed by atoms with Crippen molar-refractivity contribution in [1.82, 2.24) is 19.9 Å². The summed E-state index contributed by atoms with van der Waals surface area (Å²) in [5.41, 5.74) is 2.50. The number of aromatic nitrogens is 3. The second-order valence-corrected chi connectivity index (χ2v) is 7.37. The lowest BCUT2D eigenvalue weighted by atomic mass is 10.2. The minimum Gasteiger partial charge on any atom is -0.492 e. The van der Waals surface area contributed by atoms with Gasteiger partial charge in [-0.05, 0) is 48.0 Å². The van der Waals surface area contributed by atoms with E-state index in [1.807, 2.05) is 59.3 Å². The van der Waals surface area contributed by atoms with Crippen LogP contribution < -0.4 is 15.4 Å². The summed E-state index contributed by atoms with van der Waals surface area (Å²) in [5, 5.41) is 6.25. The van der Waals surface area contributed by atoms with Gasteiger partial charge in [0, 0.05) is 42.6 Å². The Morgan fingerprint density at radius 1 is 1.03 bits per heavy atom. The molecule has 32 heavy (non-hydrogen) atoms. The van der Waals surface area contributed by atoms with Crippen molar-refractivity contribution < 1.29 is 9.53 Å². The Bertz CT molecular complexity index is 1160. The summed E-state index contributed by atoms with van der Waals surface area (Å²) in [6.07, 6.45) is 7.06. The van der Waals surface area contributed by atoms with Gasteiger partial charge in [0.1, 0.15) is 18.2 Å². The Morgan fingerprint density at radius 2 is 1.88 bits per heavy atom. The first-order chi connectivity index (χ1) is 15.7. The SMILES string of the molecule is O=C(NCc1cccnc1)Nc1ccc(OCCn2ccnc2-c2ccccc2Cl)cc1. The van der Waals surface area contributed by atoms with Crippen LogP contribution in [0.5, 0.6) is 5.75 Å². The summed E-state index contributed by atoms with van der Waals surface area (Å²) >= 11 is 6.30. The number of hydrogen-bond donors (Lipinski definition) is 2. The Kier molecular flexibility index (Phi) is 6.99. The molecule has 0 saturated carbocycles. The van der Waals surface area contributed by atoms with E-state index in [2.05, 4.69) is 20.6 Å². The molecule has 0 atom stereocenters. The topological polar surface area (TPSA) is 81.1 Å². The van der Waals surface area contributed by atoms with E-state index in [4.69, 9.17) is 16.3 Å². The zero-order chi connectivity index (χ0) is 22.2. The third-order valence-electron chi connectivity index (χ3n) is 4.72. The molecule has 0 fully saturated rings. The highest BCUT2D eigenvalue weighted by molar-refractivity contribution is 6.33. The maximum atomic E-state index is 12.1. The molecule has 2 heterocycles. The summed E-state index contributed by atoms with van der Waals surface area (Å²) in [6.45, 7) is 1.49. The van der Waals surface area contributed by atoms with Crippen molar-refractivity contribution in [2.24, 2.45) is 0 Å². The molecular weight excluding hydrogens is 426 g/mol. The van der Waals surface area contributed by atoms with Crippen LogP contribution in [0.1, 0.15) is 5.56 Å². The van der Waals surface area contributed by atoms with Gasteiger partial charge in [0.05, 0.1) is 11.6 Å². The molecule has 8 heteroatoms. The molecule has 7 nitrogen and oxygen atoms in total. The van der Waals surface area contributed by atoms with E-state index >= 15 is 0 Å². The molecular formula is C24H22ClN5O2. The van der Waals surface area contributed by atoms with Crippen molar-refractivity contribution in [2.75, 3.05) is 11.9 Å². The first-order valence-corrected chi connectivity index (χ1v) is 10.5. The number of urea groups is 1. The van der Waals surface area contributed by atoms with Gasteiger partial charge in [-0.3, -0.25) is 4.98 Å². The molecule has 162 valence electrons. The normalized spacial score (nSPS) is 10.5. The predicted molar refractivity (Wildman–Crippen MR) is 125 cm³/mol. The van der Waals surface area contributed by atoms with Gasteiger partial charge in [0.25, 0.3) is 0 Å². The van der Waals surface area contributed by atoms with Crippen LogP contribution in [0.3, 0.4) is 0 Å². The van der Waals surface area contributed by atoms with Crippen molar-refractivity contribution in [1.29, 1.82) is 0 Å². The van der Waals surface area contributed by atoms with Crippen molar-refractivity contribution in [3.63, 3.8) is 0 Å². The first-order valence-electron chi connectivity index (χ1n) is 10.1. The summed E-state index contributed by atoms with van der Waals surface area (Å²) in [4.78, 5) is 20.5. The van der Waals surface area contributed by atoms with Crippen LogP contribution in [0.4, 0.5) is 10.5 Å². The highest BCUT2D eigenvalue weighted by Gasteiger charge is 2.09. The minimum absolute atomic E-state index is 0.283. The number of amides is 2. The molecule has 0 aliphatic carbocycles. The van der Waals surface area contributed by atoms with Crippen LogP contribution in [-0.2, 0) is 13.1 Å². The molecule has 0 unspecified atom stereocenters. The van der Waals surface area contributed by atoms with Gasteiger partial charge < -0.3 is 19.9 Å². The first kappa shape index (κ1) is 21.4. The van der Waals surface area contributed by atoms with E-state index in [9.17, 15) is 4.79 Å². The third-order valence-corrected chi connectivity index (χ3v) is 5.05. The summed E-state index contributed by atoms with van der Waals surface area (Å²) in [7, 11) is 0. The van der Waals surface area contributed by atoms with Crippen molar-refractivity contribution in [3.8, 4) is 17.1 Å². The number of hydrogen-bond acceptors (Lipinski definition) is 4. The lowest BCUT2D eigenvalue weighted by Gasteiger charge is -2.11. The molecule has 0 saturated heterocycles. The number of imidazole rings is 1. The number of ether oxygens (including phenoxy) is 1. The predicted octanol–water partition coefficient (Wildman–Crippen LogP) is 5.00. The Morgan fingerprint density at radius 3 is 2.66 bits per heavy atom. The molecule has 2 amide bonds. The van der Waals surface area contributed by atoms with E-state index in [-0.39, 0.29) is 6.03 Å². The second kappa shape index (κ2) is 10.5. The van der Waals surface area contributed by atoms with Gasteiger partial charge in [-0.25, -0.2) is 9.78 Å². The molecule has 0 bridgehead atoms. The Balaban J connectivity index is 1.26. The minimum atomic E-state index is -0.283. The van der Waals surface area contributed by atoms with Crippen molar-refractivity contribution >= 4 is 23.3 Å². The van der Waals surface area contributed by atoms with Gasteiger partial charge in [-0.2, -0.15) is 0 Å². The van der Waals surface area contributed by atoms with Gasteiger partial charge in [0.15, 0.2) is 0 Å². The zero-order valence-electron chi connectivity index (χ0n) is 17.2. The number of pyridine rings is 1. The maximum Gasteiger partial charge on any atom is 0.319 e. The number of carbonyl (C=O) groups excluding carboxylic acids is 1. The number of rotatable bonds is 8. The number of nitrogens with zero attached hydrogens (tertiary/aromatic N) is 3. The van der Waals surface area contributed by atoms with E-state index in [0.29, 0.717) is 36.2 Å². The smallest absolute Gasteiger partial charge is 0.319 e. The van der Waals surface area contributed by atoms with E-state index in [1.54, 1.807) is 30.7 Å². The van der Waals surface area contributed by atoms with Crippen molar-refractivity contribution in [3.05, 3.63) is 96.0 Å². The van der Waals surface area contributed by atoms with E-state index < -0.39 is 0 Å². The van der Waals surface area contributed by atoms with Crippen LogP contribution in [0, 0.1) is 0 Å². The van der Waals surface area contributed by atoms with Gasteiger partial charge in [-0.1, -0.05) is 29.8 Å². The number of halogens is 1. The van der Waals surface area contributed by atoms with Gasteiger partial charge in [-0.15, -0.1) is 0 Å². The van der Waals surface area contributed by atoms with Crippen LogP contribution in [0.25, 0.3) is 11.4 Å². The average Bonchev–Trinajstić information content (AvgIpc) is 3.28. The fourth-order valence-corrected chi connectivity index (χ4v) is 3.35. The molecule has 2 N–H and O–H groups in total. The highest BCUT2D eigenvalue weighted by atomic mass is 35.5. The molecule has 0 radical (unpaired) electrons. The number of nitrogens with one attached hydrogen (secondary N) is 2. The molecule has 0 spiro atoms. The maximum absolute atomic E-state index is 12.1. The van der Waals surface area contributed by atoms with E-state index in [1.165, 1.54) is 0 Å². The Labute approximate surface area is 191 Å². The number of carbonyl (C=O) groups is 1. The fourth-order valence-electron chi connectivity index (χ4n) is 3.13. The molecule has 0 aliphatic rings. The van der Waals surface area contributed by atoms with Crippen LogP contribution >= 0.6 is 11.6 Å². The van der Waals surface area contributed by atoms with Crippen LogP contribution in [0.15, 0.2) is 85.5 Å². The standard InChI is InChI=1S/C24H22ClN5O2/c25-22-6-2-1-5-21(22)23-27-12-13-30(23)14-15-32-20-9-7-19(8-10-20)29-24(31)28-17-18-4-3-11-26-16-18/h1-13,16H,14-15,17H2,(H2,28,29,31). The van der Waals surface area contributed by atoms with Gasteiger partial charge in [0.2, 0.25) is 0 Å². The summed E-state index contributed by atoms with van der Waals surface area (Å²) in [6, 6.07) is 18.3. The largest absolute Gasteiger partial charge is 0.492 e. The summed E-state index contributed by atoms with van der Waals surface area (Å²) in [5.74, 6) is 1.52. The third kappa shape index (κ3) is 5.65. The monoisotopic (exact) mass is 447 g/mol. The highest BCUT2D eigenvalue weighted by Crippen LogP contribution is 2.26. The van der Waals surface area contributed by atoms with Gasteiger partial charge >= 0.3 is 6.03 Å². The Hall–Kier alpha value is -3.84. The zero-order valence-corrected chi connectivity index (χ0v) is 18.0. The van der Waals surface area contributed by atoms with Crippen molar-refractivity contribution in [2.45, 2.75) is 13.1 Å². The van der Waals surface area contributed by atoms with E-state index in [0.717, 1.165) is 17.0 Å².